The van der Waals surface area contributed by atoms with E-state index < -0.39 is 0 Å². The standard InChI is InChI=1S/C13H24N2/c1-2-3-4-5-6-7-8-9-10-13-14-11-12-15-13/h4-5,11-15H,2-3,6-10H2,1H3/b5-4+. The summed E-state index contributed by atoms with van der Waals surface area (Å²) in [5.41, 5.74) is 0. The van der Waals surface area contributed by atoms with Crippen molar-refractivity contribution in [2.75, 3.05) is 0 Å². The van der Waals surface area contributed by atoms with E-state index in [1.54, 1.807) is 0 Å². The van der Waals surface area contributed by atoms with Gasteiger partial charge in [-0.2, -0.15) is 0 Å². The minimum atomic E-state index is 0.487. The van der Waals surface area contributed by atoms with E-state index in [4.69, 9.17) is 0 Å². The molecule has 0 fully saturated rings. The van der Waals surface area contributed by atoms with Crippen LogP contribution in [-0.4, -0.2) is 6.17 Å². The normalized spacial score (nSPS) is 15.8. The first kappa shape index (κ1) is 12.2. The van der Waals surface area contributed by atoms with Gasteiger partial charge in [-0.3, -0.25) is 0 Å². The van der Waals surface area contributed by atoms with E-state index in [2.05, 4.69) is 29.7 Å². The van der Waals surface area contributed by atoms with Crippen molar-refractivity contribution in [2.45, 2.75) is 58.0 Å². The van der Waals surface area contributed by atoms with Crippen molar-refractivity contribution >= 4 is 0 Å². The average molecular weight is 208 g/mol. The van der Waals surface area contributed by atoms with Gasteiger partial charge in [-0.1, -0.05) is 31.9 Å². The molecule has 0 saturated heterocycles. The van der Waals surface area contributed by atoms with Crippen molar-refractivity contribution in [1.29, 1.82) is 0 Å². The Morgan fingerprint density at radius 3 is 2.47 bits per heavy atom. The predicted octanol–water partition coefficient (Wildman–Crippen LogP) is 3.28. The van der Waals surface area contributed by atoms with Gasteiger partial charge < -0.3 is 10.6 Å². The van der Waals surface area contributed by atoms with E-state index >= 15 is 0 Å². The lowest BCUT2D eigenvalue weighted by Gasteiger charge is -2.11. The van der Waals surface area contributed by atoms with Gasteiger partial charge in [-0.05, 0) is 32.1 Å². The Bertz CT molecular complexity index is 189. The van der Waals surface area contributed by atoms with Gasteiger partial charge in [-0.25, -0.2) is 0 Å². The molecule has 86 valence electrons. The summed E-state index contributed by atoms with van der Waals surface area (Å²) >= 11 is 0. The second kappa shape index (κ2) is 8.39. The molecule has 0 amide bonds. The Kier molecular flexibility index (Phi) is 6.80. The first-order valence-corrected chi connectivity index (χ1v) is 6.25. The lowest BCUT2D eigenvalue weighted by molar-refractivity contribution is 0.491. The third kappa shape index (κ3) is 6.21. The molecule has 0 unspecified atom stereocenters. The van der Waals surface area contributed by atoms with Crippen LogP contribution in [0, 0.1) is 0 Å². The third-order valence-electron chi connectivity index (χ3n) is 2.66. The number of nitrogens with one attached hydrogen (secondary N) is 2. The highest BCUT2D eigenvalue weighted by atomic mass is 15.1. The smallest absolute Gasteiger partial charge is 0.0955 e. The van der Waals surface area contributed by atoms with Crippen LogP contribution in [0.1, 0.15) is 51.9 Å². The monoisotopic (exact) mass is 208 g/mol. The molecule has 0 aromatic carbocycles. The van der Waals surface area contributed by atoms with Crippen LogP contribution in [0.5, 0.6) is 0 Å². The van der Waals surface area contributed by atoms with Crippen LogP contribution in [0.25, 0.3) is 0 Å². The summed E-state index contributed by atoms with van der Waals surface area (Å²) in [6, 6.07) is 0. The van der Waals surface area contributed by atoms with Gasteiger partial charge in [-0.15, -0.1) is 0 Å². The van der Waals surface area contributed by atoms with Crippen molar-refractivity contribution in [3.05, 3.63) is 24.6 Å². The molecule has 0 aromatic rings. The molecule has 2 N–H and O–H groups in total. The van der Waals surface area contributed by atoms with Crippen molar-refractivity contribution in [1.82, 2.24) is 10.6 Å². The molecule has 1 aliphatic heterocycles. The molecular weight excluding hydrogens is 184 g/mol. The molecule has 0 bridgehead atoms. The van der Waals surface area contributed by atoms with E-state index in [1.165, 1.54) is 44.9 Å². The topological polar surface area (TPSA) is 24.1 Å². The molecule has 1 rings (SSSR count). The van der Waals surface area contributed by atoms with Crippen molar-refractivity contribution in [3.63, 3.8) is 0 Å². The van der Waals surface area contributed by atoms with E-state index in [9.17, 15) is 0 Å². The molecule has 0 saturated carbocycles. The molecule has 15 heavy (non-hydrogen) atoms. The van der Waals surface area contributed by atoms with Crippen LogP contribution >= 0.6 is 0 Å². The van der Waals surface area contributed by atoms with Crippen LogP contribution in [0.4, 0.5) is 0 Å². The molecule has 2 nitrogen and oxygen atoms in total. The maximum atomic E-state index is 3.27. The van der Waals surface area contributed by atoms with Crippen LogP contribution in [0.3, 0.4) is 0 Å². The van der Waals surface area contributed by atoms with Crippen LogP contribution in [-0.2, 0) is 0 Å². The van der Waals surface area contributed by atoms with Crippen molar-refractivity contribution in [3.8, 4) is 0 Å². The second-order valence-electron chi connectivity index (χ2n) is 4.12. The fraction of sp³-hybridized carbons (Fsp3) is 0.692. The Balaban J connectivity index is 1.80. The Hall–Kier alpha value is -0.920. The van der Waals surface area contributed by atoms with Gasteiger partial charge in [0.25, 0.3) is 0 Å². The highest BCUT2D eigenvalue weighted by Gasteiger charge is 2.05. The highest BCUT2D eigenvalue weighted by molar-refractivity contribution is 4.90. The molecule has 2 heteroatoms. The van der Waals surface area contributed by atoms with E-state index in [1.807, 2.05) is 12.4 Å². The van der Waals surface area contributed by atoms with Gasteiger partial charge >= 0.3 is 0 Å². The molecular formula is C13H24N2. The third-order valence-corrected chi connectivity index (χ3v) is 2.66. The lowest BCUT2D eigenvalue weighted by atomic mass is 10.1. The first-order valence-electron chi connectivity index (χ1n) is 6.25. The van der Waals surface area contributed by atoms with Crippen molar-refractivity contribution in [2.24, 2.45) is 0 Å². The summed E-state index contributed by atoms with van der Waals surface area (Å²) in [7, 11) is 0. The molecule has 1 aliphatic rings. The zero-order valence-corrected chi connectivity index (χ0v) is 9.84. The van der Waals surface area contributed by atoms with Crippen LogP contribution in [0.2, 0.25) is 0 Å². The lowest BCUT2D eigenvalue weighted by Crippen LogP contribution is -2.30. The zero-order valence-electron chi connectivity index (χ0n) is 9.84. The molecule has 0 aliphatic carbocycles. The van der Waals surface area contributed by atoms with Gasteiger partial charge in [0.05, 0.1) is 6.17 Å². The maximum absolute atomic E-state index is 3.27. The Morgan fingerprint density at radius 2 is 1.73 bits per heavy atom. The molecule has 0 spiro atoms. The van der Waals surface area contributed by atoms with E-state index in [0.717, 1.165) is 0 Å². The number of hydrogen-bond acceptors (Lipinski definition) is 2. The number of hydrogen-bond donors (Lipinski definition) is 2. The van der Waals surface area contributed by atoms with E-state index in [-0.39, 0.29) is 0 Å². The zero-order chi connectivity index (χ0) is 10.8. The fourth-order valence-corrected chi connectivity index (χ4v) is 1.73. The Labute approximate surface area is 93.8 Å². The van der Waals surface area contributed by atoms with Crippen molar-refractivity contribution < 1.29 is 0 Å². The molecule has 0 radical (unpaired) electrons. The van der Waals surface area contributed by atoms with Crippen LogP contribution in [0.15, 0.2) is 24.6 Å². The second-order valence-corrected chi connectivity index (χ2v) is 4.12. The average Bonchev–Trinajstić information content (AvgIpc) is 2.75. The summed E-state index contributed by atoms with van der Waals surface area (Å²) in [6.07, 6.45) is 18.1. The quantitative estimate of drug-likeness (QED) is 0.472. The maximum Gasteiger partial charge on any atom is 0.0955 e. The minimum absolute atomic E-state index is 0.487. The molecule has 0 aromatic heterocycles. The first-order chi connectivity index (χ1) is 7.43. The summed E-state index contributed by atoms with van der Waals surface area (Å²) in [6.45, 7) is 2.22. The summed E-state index contributed by atoms with van der Waals surface area (Å²) < 4.78 is 0. The molecule has 0 atom stereocenters. The predicted molar refractivity (Wildman–Crippen MR) is 66.3 cm³/mol. The summed E-state index contributed by atoms with van der Waals surface area (Å²) in [5, 5.41) is 6.54. The van der Waals surface area contributed by atoms with E-state index in [0.29, 0.717) is 6.17 Å². The molecule has 1 heterocycles. The van der Waals surface area contributed by atoms with Gasteiger partial charge in [0.2, 0.25) is 0 Å². The highest BCUT2D eigenvalue weighted by Crippen LogP contribution is 2.07. The minimum Gasteiger partial charge on any atom is -0.370 e. The van der Waals surface area contributed by atoms with Gasteiger partial charge in [0, 0.05) is 12.4 Å². The summed E-state index contributed by atoms with van der Waals surface area (Å²) in [5.74, 6) is 0. The summed E-state index contributed by atoms with van der Waals surface area (Å²) in [4.78, 5) is 0. The van der Waals surface area contributed by atoms with Crippen LogP contribution < -0.4 is 10.6 Å². The SMILES string of the molecule is CCC/C=C/CCCCCC1NC=CN1. The fourth-order valence-electron chi connectivity index (χ4n) is 1.73. The number of allylic oxidation sites excluding steroid dienone is 2. The Morgan fingerprint density at radius 1 is 1.00 bits per heavy atom. The van der Waals surface area contributed by atoms with Gasteiger partial charge in [0.15, 0.2) is 0 Å². The number of unbranched alkanes of at least 4 members (excludes halogenated alkanes) is 4. The van der Waals surface area contributed by atoms with Gasteiger partial charge in [0.1, 0.15) is 0 Å². The number of rotatable bonds is 8. The largest absolute Gasteiger partial charge is 0.370 e.